The Morgan fingerprint density at radius 2 is 1.79 bits per heavy atom. The van der Waals surface area contributed by atoms with E-state index >= 15 is 0 Å². The fourth-order valence-corrected chi connectivity index (χ4v) is 3.29. The molecule has 0 spiro atoms. The summed E-state index contributed by atoms with van der Waals surface area (Å²) in [7, 11) is 0. The van der Waals surface area contributed by atoms with Gasteiger partial charge in [0.15, 0.2) is 0 Å². The Kier molecular flexibility index (Phi) is 6.81. The van der Waals surface area contributed by atoms with Gasteiger partial charge in [-0.25, -0.2) is 4.98 Å². The topological polar surface area (TPSA) is 76.0 Å². The van der Waals surface area contributed by atoms with Gasteiger partial charge in [0.25, 0.3) is 5.91 Å². The summed E-state index contributed by atoms with van der Waals surface area (Å²) in [6.45, 7) is 3.69. The largest absolute Gasteiger partial charge is 0.356 e. The second-order valence-corrected chi connectivity index (χ2v) is 7.43. The third kappa shape index (κ3) is 5.19. The Balaban J connectivity index is 1.36. The summed E-state index contributed by atoms with van der Waals surface area (Å²) < 4.78 is 3.09. The predicted molar refractivity (Wildman–Crippen MR) is 113 cm³/mol. The first-order valence-corrected chi connectivity index (χ1v) is 10.1. The molecule has 3 rings (SSSR count). The first-order valence-electron chi connectivity index (χ1n) is 9.27. The van der Waals surface area contributed by atoms with Crippen LogP contribution in [0.1, 0.15) is 29.0 Å². The van der Waals surface area contributed by atoms with E-state index in [0.717, 1.165) is 34.3 Å². The number of aryl methyl sites for hydroxylation is 2. The van der Waals surface area contributed by atoms with Crippen LogP contribution in [0.4, 0.5) is 0 Å². The standard InChI is InChI=1S/C21H23BrN4O2/c1-15-25-18-5-2-3-6-19(18)26(15)14-4-12-23-20(27)11-13-24-21(28)16-7-9-17(22)10-8-16/h2-3,5-10H,4,11-14H2,1H3,(H,23,27)(H,24,28). The molecule has 0 unspecified atom stereocenters. The highest BCUT2D eigenvalue weighted by Crippen LogP contribution is 2.15. The number of halogens is 1. The van der Waals surface area contributed by atoms with Crippen molar-refractivity contribution in [2.24, 2.45) is 0 Å². The van der Waals surface area contributed by atoms with Gasteiger partial charge in [-0.2, -0.15) is 0 Å². The summed E-state index contributed by atoms with van der Waals surface area (Å²) in [5.74, 6) is 0.731. The molecule has 1 aromatic heterocycles. The van der Waals surface area contributed by atoms with Crippen LogP contribution in [0.5, 0.6) is 0 Å². The Labute approximate surface area is 172 Å². The molecule has 0 bridgehead atoms. The third-order valence-corrected chi connectivity index (χ3v) is 5.00. The summed E-state index contributed by atoms with van der Waals surface area (Å²) in [5.41, 5.74) is 2.68. The molecule has 0 saturated heterocycles. The molecule has 0 fully saturated rings. The highest BCUT2D eigenvalue weighted by Gasteiger charge is 2.08. The average Bonchev–Trinajstić information content (AvgIpc) is 3.01. The van der Waals surface area contributed by atoms with Gasteiger partial charge < -0.3 is 15.2 Å². The first kappa shape index (κ1) is 20.1. The number of imidazole rings is 1. The van der Waals surface area contributed by atoms with Crippen molar-refractivity contribution in [3.8, 4) is 0 Å². The predicted octanol–water partition coefficient (Wildman–Crippen LogP) is 3.43. The second kappa shape index (κ2) is 9.50. The van der Waals surface area contributed by atoms with Gasteiger partial charge >= 0.3 is 0 Å². The molecule has 0 aliphatic rings. The fourth-order valence-electron chi connectivity index (χ4n) is 3.02. The maximum absolute atomic E-state index is 12.0. The van der Waals surface area contributed by atoms with Crippen LogP contribution < -0.4 is 10.6 Å². The van der Waals surface area contributed by atoms with Gasteiger partial charge in [-0.05, 0) is 49.7 Å². The molecule has 0 aliphatic carbocycles. The molecule has 0 radical (unpaired) electrons. The van der Waals surface area contributed by atoms with Gasteiger partial charge in [0.2, 0.25) is 5.91 Å². The van der Waals surface area contributed by atoms with Crippen LogP contribution in [0.3, 0.4) is 0 Å². The monoisotopic (exact) mass is 442 g/mol. The van der Waals surface area contributed by atoms with Crippen LogP contribution in [-0.4, -0.2) is 34.5 Å². The minimum absolute atomic E-state index is 0.0664. The number of amides is 2. The number of fused-ring (bicyclic) bond motifs is 1. The number of nitrogens with one attached hydrogen (secondary N) is 2. The van der Waals surface area contributed by atoms with E-state index in [0.29, 0.717) is 18.7 Å². The van der Waals surface area contributed by atoms with Crippen molar-refractivity contribution >= 4 is 38.8 Å². The molecule has 2 N–H and O–H groups in total. The van der Waals surface area contributed by atoms with Crippen molar-refractivity contribution in [2.45, 2.75) is 26.3 Å². The lowest BCUT2D eigenvalue weighted by atomic mass is 10.2. The van der Waals surface area contributed by atoms with Gasteiger partial charge in [-0.3, -0.25) is 9.59 Å². The molecule has 2 aromatic carbocycles. The number of carbonyl (C=O) groups is 2. The number of hydrogen-bond acceptors (Lipinski definition) is 3. The highest BCUT2D eigenvalue weighted by molar-refractivity contribution is 9.10. The van der Waals surface area contributed by atoms with Crippen molar-refractivity contribution in [2.75, 3.05) is 13.1 Å². The van der Waals surface area contributed by atoms with Crippen molar-refractivity contribution in [3.63, 3.8) is 0 Å². The number of para-hydroxylation sites is 2. The third-order valence-electron chi connectivity index (χ3n) is 4.47. The normalized spacial score (nSPS) is 10.8. The molecule has 0 atom stereocenters. The van der Waals surface area contributed by atoms with E-state index in [1.54, 1.807) is 12.1 Å². The molecule has 6 nitrogen and oxygen atoms in total. The van der Waals surface area contributed by atoms with Crippen LogP contribution in [0.15, 0.2) is 53.0 Å². The zero-order chi connectivity index (χ0) is 19.9. The zero-order valence-electron chi connectivity index (χ0n) is 15.7. The Morgan fingerprint density at radius 1 is 1.04 bits per heavy atom. The Bertz CT molecular complexity index is 966. The van der Waals surface area contributed by atoms with Gasteiger partial charge in [-0.15, -0.1) is 0 Å². The first-order chi connectivity index (χ1) is 13.5. The molecule has 146 valence electrons. The lowest BCUT2D eigenvalue weighted by Gasteiger charge is -2.09. The summed E-state index contributed by atoms with van der Waals surface area (Å²) in [6, 6.07) is 15.1. The highest BCUT2D eigenvalue weighted by atomic mass is 79.9. The number of hydrogen-bond donors (Lipinski definition) is 2. The minimum atomic E-state index is -0.178. The SMILES string of the molecule is Cc1nc2ccccc2n1CCCNC(=O)CCNC(=O)c1ccc(Br)cc1. The van der Waals surface area contributed by atoms with E-state index in [9.17, 15) is 9.59 Å². The van der Waals surface area contributed by atoms with Gasteiger partial charge in [0.1, 0.15) is 5.82 Å². The second-order valence-electron chi connectivity index (χ2n) is 6.52. The summed E-state index contributed by atoms with van der Waals surface area (Å²) in [6.07, 6.45) is 1.08. The molecule has 0 saturated carbocycles. The van der Waals surface area contributed by atoms with Gasteiger partial charge in [-0.1, -0.05) is 28.1 Å². The molecule has 7 heteroatoms. The molecule has 3 aromatic rings. The van der Waals surface area contributed by atoms with Gasteiger partial charge in [0, 0.05) is 36.1 Å². The van der Waals surface area contributed by atoms with Crippen molar-refractivity contribution in [1.82, 2.24) is 20.2 Å². The van der Waals surface area contributed by atoms with Crippen molar-refractivity contribution < 1.29 is 9.59 Å². The Morgan fingerprint density at radius 3 is 2.57 bits per heavy atom. The zero-order valence-corrected chi connectivity index (χ0v) is 17.3. The van der Waals surface area contributed by atoms with Crippen LogP contribution >= 0.6 is 15.9 Å². The summed E-state index contributed by atoms with van der Waals surface area (Å²) in [4.78, 5) is 28.5. The van der Waals surface area contributed by atoms with Crippen LogP contribution in [0, 0.1) is 6.92 Å². The molecule has 2 amide bonds. The number of carbonyl (C=O) groups excluding carboxylic acids is 2. The fraction of sp³-hybridized carbons (Fsp3) is 0.286. The molecule has 0 aliphatic heterocycles. The van der Waals surface area contributed by atoms with E-state index in [-0.39, 0.29) is 18.2 Å². The van der Waals surface area contributed by atoms with E-state index in [1.807, 2.05) is 37.3 Å². The van der Waals surface area contributed by atoms with Gasteiger partial charge in [0.05, 0.1) is 11.0 Å². The Hall–Kier alpha value is -2.67. The van der Waals surface area contributed by atoms with Crippen LogP contribution in [0.2, 0.25) is 0 Å². The number of rotatable bonds is 8. The number of nitrogens with zero attached hydrogens (tertiary/aromatic N) is 2. The average molecular weight is 443 g/mol. The summed E-state index contributed by atoms with van der Waals surface area (Å²) >= 11 is 3.33. The number of benzene rings is 2. The smallest absolute Gasteiger partial charge is 0.251 e. The molecule has 1 heterocycles. The van der Waals surface area contributed by atoms with E-state index in [2.05, 4.69) is 42.2 Å². The van der Waals surface area contributed by atoms with E-state index in [1.165, 1.54) is 0 Å². The summed E-state index contributed by atoms with van der Waals surface area (Å²) in [5, 5.41) is 5.67. The molecular formula is C21H23BrN4O2. The van der Waals surface area contributed by atoms with Crippen LogP contribution in [-0.2, 0) is 11.3 Å². The maximum Gasteiger partial charge on any atom is 0.251 e. The lowest BCUT2D eigenvalue weighted by molar-refractivity contribution is -0.120. The molecule has 28 heavy (non-hydrogen) atoms. The van der Waals surface area contributed by atoms with E-state index in [4.69, 9.17) is 0 Å². The quantitative estimate of drug-likeness (QED) is 0.524. The maximum atomic E-state index is 12.0. The number of aromatic nitrogens is 2. The lowest BCUT2D eigenvalue weighted by Crippen LogP contribution is -2.31. The van der Waals surface area contributed by atoms with Crippen LogP contribution in [0.25, 0.3) is 11.0 Å². The molecular weight excluding hydrogens is 420 g/mol. The van der Waals surface area contributed by atoms with Crippen molar-refractivity contribution in [1.29, 1.82) is 0 Å². The minimum Gasteiger partial charge on any atom is -0.356 e. The van der Waals surface area contributed by atoms with Crippen molar-refractivity contribution in [3.05, 3.63) is 64.4 Å². The van der Waals surface area contributed by atoms with E-state index < -0.39 is 0 Å².